The molecule has 1 fully saturated rings. The summed E-state index contributed by atoms with van der Waals surface area (Å²) in [7, 11) is 0. The molecule has 1 saturated heterocycles. The van der Waals surface area contributed by atoms with Gasteiger partial charge in [-0.2, -0.15) is 13.2 Å². The first-order valence-corrected chi connectivity index (χ1v) is 12.0. The van der Waals surface area contributed by atoms with Gasteiger partial charge >= 0.3 is 6.18 Å². The van der Waals surface area contributed by atoms with Gasteiger partial charge in [-0.1, -0.05) is 42.3 Å². The van der Waals surface area contributed by atoms with E-state index in [1.165, 1.54) is 0 Å². The Bertz CT molecular complexity index is 1210. The van der Waals surface area contributed by atoms with Gasteiger partial charge in [0.1, 0.15) is 5.60 Å². The number of ether oxygens (including phenoxy) is 1. The van der Waals surface area contributed by atoms with Crippen LogP contribution in [0.15, 0.2) is 34.7 Å². The van der Waals surface area contributed by atoms with Gasteiger partial charge in [-0.3, -0.25) is 4.79 Å². The van der Waals surface area contributed by atoms with E-state index in [-0.39, 0.29) is 17.2 Å². The van der Waals surface area contributed by atoms with E-state index in [1.807, 2.05) is 6.07 Å². The Balaban J connectivity index is 1.43. The van der Waals surface area contributed by atoms with Gasteiger partial charge in [0, 0.05) is 12.8 Å². The van der Waals surface area contributed by atoms with Crippen LogP contribution < -0.4 is 0 Å². The Morgan fingerprint density at radius 2 is 1.88 bits per heavy atom. The van der Waals surface area contributed by atoms with Crippen molar-refractivity contribution in [3.05, 3.63) is 68.4 Å². The van der Waals surface area contributed by atoms with Crippen molar-refractivity contribution in [2.75, 3.05) is 13.1 Å². The molecule has 180 valence electrons. The average Bonchev–Trinajstić information content (AvgIpc) is 3.38. The molecule has 2 aromatic carbocycles. The summed E-state index contributed by atoms with van der Waals surface area (Å²) in [5, 5.41) is -0.951. The summed E-state index contributed by atoms with van der Waals surface area (Å²) in [6, 6.07) is 7.29. The number of fused-ring (bicyclic) bond motifs is 2. The molecule has 1 amide bonds. The topological polar surface area (TPSA) is 41.9 Å². The van der Waals surface area contributed by atoms with E-state index in [0.717, 1.165) is 23.3 Å². The maximum Gasteiger partial charge on any atom is 0.409 e. The Kier molecular flexibility index (Phi) is 5.71. The van der Waals surface area contributed by atoms with Crippen molar-refractivity contribution in [2.24, 2.45) is 4.40 Å². The summed E-state index contributed by atoms with van der Waals surface area (Å²) in [5.41, 5.74) is 1.83. The molecular formula is C23H18Cl2F4N2O2S. The monoisotopic (exact) mass is 532 g/mol. The zero-order valence-electron chi connectivity index (χ0n) is 17.8. The van der Waals surface area contributed by atoms with Crippen molar-refractivity contribution in [3.63, 3.8) is 0 Å². The molecule has 34 heavy (non-hydrogen) atoms. The fraction of sp³-hybridized carbons (Fsp3) is 0.391. The lowest BCUT2D eigenvalue weighted by molar-refractivity contribution is -0.168. The Hall–Kier alpha value is -1.81. The molecule has 4 nitrogen and oxygen atoms in total. The first kappa shape index (κ1) is 23.9. The van der Waals surface area contributed by atoms with E-state index < -0.39 is 38.8 Å². The SMILES string of the molecule is CCC(=O)N1CC2(C1)OCc1cc(C3=NS[C@@](c4cc(Cl)c(F)c(Cl)c4)(C(F)(F)F)C3)ccc12. The second kappa shape index (κ2) is 8.11. The molecule has 0 unspecified atom stereocenters. The van der Waals surface area contributed by atoms with Gasteiger partial charge in [-0.15, -0.1) is 0 Å². The molecular weight excluding hydrogens is 515 g/mol. The molecule has 3 aliphatic heterocycles. The number of benzene rings is 2. The third kappa shape index (κ3) is 3.54. The van der Waals surface area contributed by atoms with Crippen LogP contribution in [0.1, 0.15) is 42.0 Å². The maximum atomic E-state index is 14.3. The minimum absolute atomic E-state index is 0.0566. The largest absolute Gasteiger partial charge is 0.409 e. The number of likely N-dealkylation sites (tertiary alicyclic amines) is 1. The van der Waals surface area contributed by atoms with Crippen LogP contribution in [0.4, 0.5) is 17.6 Å². The number of alkyl halides is 3. The highest BCUT2D eigenvalue weighted by Gasteiger charge is 2.60. The maximum absolute atomic E-state index is 14.3. The predicted octanol–water partition coefficient (Wildman–Crippen LogP) is 6.41. The summed E-state index contributed by atoms with van der Waals surface area (Å²) in [6.07, 6.45) is -4.73. The first-order chi connectivity index (χ1) is 16.0. The zero-order valence-corrected chi connectivity index (χ0v) is 20.1. The number of carbonyl (C=O) groups is 1. The molecule has 0 aliphatic carbocycles. The Morgan fingerprint density at radius 3 is 2.50 bits per heavy atom. The highest BCUT2D eigenvalue weighted by atomic mass is 35.5. The molecule has 0 bridgehead atoms. The standard InChI is InChI=1S/C23H18Cl2F4N2O2S/c1-2-19(32)31-10-21(11-31)15-4-3-12(5-13(15)9-33-21)18-8-22(34-30-18,23(27,28)29)14-6-16(24)20(26)17(25)7-14/h3-7H,2,8-11H2,1H3/t22-/m0/s1. The zero-order chi connectivity index (χ0) is 24.5. The quantitative estimate of drug-likeness (QED) is 0.260. The van der Waals surface area contributed by atoms with Gasteiger partial charge in [0.05, 0.1) is 35.5 Å². The number of carbonyl (C=O) groups excluding carboxylic acids is 1. The summed E-state index contributed by atoms with van der Waals surface area (Å²) < 4.78 is 64.6. The van der Waals surface area contributed by atoms with Crippen LogP contribution in [0.2, 0.25) is 10.0 Å². The lowest BCUT2D eigenvalue weighted by Crippen LogP contribution is -2.61. The van der Waals surface area contributed by atoms with Crippen LogP contribution in [-0.4, -0.2) is 35.8 Å². The third-order valence-corrected chi connectivity index (χ3v) is 8.40. The fourth-order valence-electron chi connectivity index (χ4n) is 4.71. The van der Waals surface area contributed by atoms with Gasteiger partial charge in [0.15, 0.2) is 10.6 Å². The van der Waals surface area contributed by atoms with Crippen molar-refractivity contribution in [3.8, 4) is 0 Å². The molecule has 0 radical (unpaired) electrons. The molecule has 2 aromatic rings. The normalized spacial score (nSPS) is 23.1. The number of rotatable bonds is 3. The minimum Gasteiger partial charge on any atom is -0.362 e. The highest BCUT2D eigenvalue weighted by molar-refractivity contribution is 7.99. The van der Waals surface area contributed by atoms with Crippen LogP contribution in [0.25, 0.3) is 0 Å². The van der Waals surface area contributed by atoms with E-state index in [0.29, 0.717) is 43.6 Å². The molecule has 0 aromatic heterocycles. The summed E-state index contributed by atoms with van der Waals surface area (Å²) in [5.74, 6) is -0.905. The van der Waals surface area contributed by atoms with Crippen LogP contribution in [-0.2, 0) is 26.5 Å². The number of nitrogens with zero attached hydrogens (tertiary/aromatic N) is 2. The molecule has 11 heteroatoms. The van der Waals surface area contributed by atoms with Crippen LogP contribution in [0.5, 0.6) is 0 Å². The minimum atomic E-state index is -4.70. The van der Waals surface area contributed by atoms with E-state index in [1.54, 1.807) is 24.0 Å². The summed E-state index contributed by atoms with van der Waals surface area (Å²) in [6.45, 7) is 3.04. The van der Waals surface area contributed by atoms with Crippen molar-refractivity contribution in [2.45, 2.75) is 42.9 Å². The first-order valence-electron chi connectivity index (χ1n) is 10.5. The smallest absolute Gasteiger partial charge is 0.362 e. The van der Waals surface area contributed by atoms with Crippen molar-refractivity contribution < 1.29 is 27.1 Å². The number of hydrogen-bond donors (Lipinski definition) is 0. The highest BCUT2D eigenvalue weighted by Crippen LogP contribution is 2.57. The van der Waals surface area contributed by atoms with Crippen molar-refractivity contribution in [1.29, 1.82) is 0 Å². The van der Waals surface area contributed by atoms with Crippen molar-refractivity contribution >= 4 is 46.8 Å². The fourth-order valence-corrected chi connectivity index (χ4v) is 6.16. The van der Waals surface area contributed by atoms with Gasteiger partial charge in [0.2, 0.25) is 5.91 Å². The second-order valence-electron chi connectivity index (χ2n) is 8.64. The molecule has 5 rings (SSSR count). The van der Waals surface area contributed by atoms with Crippen LogP contribution >= 0.6 is 35.1 Å². The third-order valence-electron chi connectivity index (χ3n) is 6.62. The summed E-state index contributed by atoms with van der Waals surface area (Å²) in [4.78, 5) is 13.7. The molecule has 1 spiro atoms. The number of halogens is 6. The van der Waals surface area contributed by atoms with Gasteiger partial charge in [-0.05, 0) is 52.4 Å². The Morgan fingerprint density at radius 1 is 1.21 bits per heavy atom. The van der Waals surface area contributed by atoms with E-state index in [4.69, 9.17) is 27.9 Å². The van der Waals surface area contributed by atoms with Crippen LogP contribution in [0, 0.1) is 5.82 Å². The van der Waals surface area contributed by atoms with E-state index in [9.17, 15) is 22.4 Å². The molecule has 3 heterocycles. The number of amides is 1. The van der Waals surface area contributed by atoms with Crippen LogP contribution in [0.3, 0.4) is 0 Å². The van der Waals surface area contributed by atoms with Gasteiger partial charge in [0.25, 0.3) is 0 Å². The van der Waals surface area contributed by atoms with E-state index in [2.05, 4.69) is 4.40 Å². The lowest BCUT2D eigenvalue weighted by Gasteiger charge is -2.47. The van der Waals surface area contributed by atoms with Gasteiger partial charge < -0.3 is 9.64 Å². The average molecular weight is 533 g/mol. The molecule has 1 atom stereocenters. The second-order valence-corrected chi connectivity index (χ2v) is 10.5. The van der Waals surface area contributed by atoms with Gasteiger partial charge in [-0.25, -0.2) is 8.79 Å². The Labute approximate surface area is 207 Å². The van der Waals surface area contributed by atoms with E-state index >= 15 is 0 Å². The number of hydrogen-bond acceptors (Lipinski definition) is 4. The summed E-state index contributed by atoms with van der Waals surface area (Å²) >= 11 is 12.0. The molecule has 0 saturated carbocycles. The van der Waals surface area contributed by atoms with Crippen molar-refractivity contribution in [1.82, 2.24) is 4.90 Å². The molecule has 0 N–H and O–H groups in total. The lowest BCUT2D eigenvalue weighted by atomic mass is 9.83. The molecule has 3 aliphatic rings. The predicted molar refractivity (Wildman–Crippen MR) is 123 cm³/mol.